The predicted octanol–water partition coefficient (Wildman–Crippen LogP) is 2.70. The van der Waals surface area contributed by atoms with Crippen LogP contribution in [0.4, 0.5) is 10.1 Å². The Morgan fingerprint density at radius 1 is 1.43 bits per heavy atom. The summed E-state index contributed by atoms with van der Waals surface area (Å²) in [4.78, 5) is 10.8. The van der Waals surface area contributed by atoms with Crippen molar-refractivity contribution in [3.8, 4) is 12.3 Å². The van der Waals surface area contributed by atoms with Crippen molar-refractivity contribution in [3.63, 3.8) is 0 Å². The van der Waals surface area contributed by atoms with Crippen LogP contribution in [0.5, 0.6) is 0 Å². The van der Waals surface area contributed by atoms with Gasteiger partial charge in [0.15, 0.2) is 5.82 Å². The van der Waals surface area contributed by atoms with E-state index in [0.717, 1.165) is 0 Å². The van der Waals surface area contributed by atoms with Crippen molar-refractivity contribution < 1.29 is 9.18 Å². The van der Waals surface area contributed by atoms with Gasteiger partial charge in [-0.25, -0.2) is 4.39 Å². The number of hydrogen-bond donors (Lipinski definition) is 1. The van der Waals surface area contributed by atoms with E-state index in [1.165, 1.54) is 12.1 Å². The minimum Gasteiger partial charge on any atom is -0.315 e. The van der Waals surface area contributed by atoms with Gasteiger partial charge in [-0.2, -0.15) is 0 Å². The number of carbonyl (C=O) groups excluding carboxylic acids is 1. The molecule has 0 radical (unpaired) electrons. The molecule has 0 fully saturated rings. The molecule has 14 heavy (non-hydrogen) atoms. The van der Waals surface area contributed by atoms with Crippen molar-refractivity contribution >= 4 is 34.8 Å². The van der Waals surface area contributed by atoms with Crippen molar-refractivity contribution in [1.82, 2.24) is 0 Å². The van der Waals surface area contributed by atoms with Crippen LogP contribution >= 0.6 is 23.2 Å². The van der Waals surface area contributed by atoms with Crippen molar-refractivity contribution in [1.29, 1.82) is 0 Å². The van der Waals surface area contributed by atoms with Crippen LogP contribution in [-0.2, 0) is 4.79 Å². The van der Waals surface area contributed by atoms with Gasteiger partial charge in [-0.05, 0) is 18.1 Å². The summed E-state index contributed by atoms with van der Waals surface area (Å²) < 4.78 is 12.9. The van der Waals surface area contributed by atoms with Gasteiger partial charge in [-0.1, -0.05) is 23.2 Å². The Balaban J connectivity index is 3.02. The van der Waals surface area contributed by atoms with E-state index in [0.29, 0.717) is 0 Å². The van der Waals surface area contributed by atoms with Crippen LogP contribution in [0.2, 0.25) is 10.0 Å². The molecule has 0 saturated carbocycles. The SMILES string of the molecule is C#CC(=O)Nc1cc(Cl)c(F)c(Cl)c1. The third-order valence-electron chi connectivity index (χ3n) is 1.37. The monoisotopic (exact) mass is 231 g/mol. The number of benzene rings is 1. The van der Waals surface area contributed by atoms with Gasteiger partial charge < -0.3 is 5.32 Å². The number of anilines is 1. The molecule has 1 aromatic carbocycles. The van der Waals surface area contributed by atoms with Gasteiger partial charge in [0.25, 0.3) is 5.91 Å². The number of hydrogen-bond acceptors (Lipinski definition) is 1. The van der Waals surface area contributed by atoms with E-state index in [1.54, 1.807) is 0 Å². The largest absolute Gasteiger partial charge is 0.315 e. The highest BCUT2D eigenvalue weighted by Gasteiger charge is 2.08. The van der Waals surface area contributed by atoms with Gasteiger partial charge in [-0.15, -0.1) is 6.42 Å². The van der Waals surface area contributed by atoms with E-state index in [-0.39, 0.29) is 15.7 Å². The average Bonchev–Trinajstić information content (AvgIpc) is 2.14. The molecular weight excluding hydrogens is 228 g/mol. The Labute approximate surface area is 90.0 Å². The van der Waals surface area contributed by atoms with E-state index in [1.807, 2.05) is 5.92 Å². The summed E-state index contributed by atoms with van der Waals surface area (Å²) in [6.45, 7) is 0. The normalized spacial score (nSPS) is 9.29. The Hall–Kier alpha value is -1.24. The highest BCUT2D eigenvalue weighted by Crippen LogP contribution is 2.27. The zero-order valence-corrected chi connectivity index (χ0v) is 8.29. The smallest absolute Gasteiger partial charge is 0.300 e. The van der Waals surface area contributed by atoms with Crippen molar-refractivity contribution in [2.75, 3.05) is 5.32 Å². The lowest BCUT2D eigenvalue weighted by Gasteiger charge is -2.03. The molecule has 0 aliphatic rings. The van der Waals surface area contributed by atoms with Gasteiger partial charge in [0.05, 0.1) is 10.0 Å². The second-order valence-corrected chi connectivity index (χ2v) is 3.17. The van der Waals surface area contributed by atoms with Crippen LogP contribution in [0.1, 0.15) is 0 Å². The zero-order valence-electron chi connectivity index (χ0n) is 6.77. The molecule has 1 amide bonds. The van der Waals surface area contributed by atoms with Gasteiger partial charge >= 0.3 is 0 Å². The number of carbonyl (C=O) groups is 1. The zero-order chi connectivity index (χ0) is 10.7. The van der Waals surface area contributed by atoms with Gasteiger partial charge in [0.1, 0.15) is 0 Å². The Kier molecular flexibility index (Phi) is 3.34. The summed E-state index contributed by atoms with van der Waals surface area (Å²) in [5.74, 6) is 0.458. The molecule has 5 heteroatoms. The maximum absolute atomic E-state index is 12.9. The average molecular weight is 232 g/mol. The number of rotatable bonds is 1. The molecule has 1 rings (SSSR count). The summed E-state index contributed by atoms with van der Waals surface area (Å²) in [5.41, 5.74) is 0.254. The molecule has 0 bridgehead atoms. The fourth-order valence-electron chi connectivity index (χ4n) is 0.795. The molecule has 1 aromatic rings. The van der Waals surface area contributed by atoms with Crippen LogP contribution in [-0.4, -0.2) is 5.91 Å². The highest BCUT2D eigenvalue weighted by atomic mass is 35.5. The number of amides is 1. The molecule has 1 N–H and O–H groups in total. The Morgan fingerprint density at radius 2 is 1.93 bits per heavy atom. The van der Waals surface area contributed by atoms with Crippen molar-refractivity contribution in [3.05, 3.63) is 28.0 Å². The maximum Gasteiger partial charge on any atom is 0.300 e. The van der Waals surface area contributed by atoms with Crippen LogP contribution in [0.15, 0.2) is 12.1 Å². The Bertz CT molecular complexity index is 402. The van der Waals surface area contributed by atoms with Crippen LogP contribution in [0.25, 0.3) is 0 Å². The first-order valence-electron chi connectivity index (χ1n) is 3.46. The molecule has 72 valence electrons. The van der Waals surface area contributed by atoms with Crippen molar-refractivity contribution in [2.24, 2.45) is 0 Å². The lowest BCUT2D eigenvalue weighted by Crippen LogP contribution is -2.08. The second kappa shape index (κ2) is 4.32. The molecule has 0 heterocycles. The topological polar surface area (TPSA) is 29.1 Å². The third kappa shape index (κ3) is 2.38. The molecule has 0 spiro atoms. The standard InChI is InChI=1S/C9H4Cl2FNO/c1-2-8(14)13-5-3-6(10)9(12)7(11)4-5/h1,3-4H,(H,13,14). The molecule has 0 aromatic heterocycles. The molecule has 0 saturated heterocycles. The number of terminal acetylenes is 1. The van der Waals surface area contributed by atoms with E-state index >= 15 is 0 Å². The van der Waals surface area contributed by atoms with Gasteiger partial charge in [0.2, 0.25) is 0 Å². The Morgan fingerprint density at radius 3 is 2.36 bits per heavy atom. The summed E-state index contributed by atoms with van der Waals surface area (Å²) in [5, 5.41) is 1.94. The third-order valence-corrected chi connectivity index (χ3v) is 1.92. The second-order valence-electron chi connectivity index (χ2n) is 2.35. The van der Waals surface area contributed by atoms with E-state index < -0.39 is 11.7 Å². The maximum atomic E-state index is 12.9. The van der Waals surface area contributed by atoms with Gasteiger partial charge in [0, 0.05) is 5.69 Å². The minimum atomic E-state index is -0.730. The quantitative estimate of drug-likeness (QED) is 0.585. The summed E-state index contributed by atoms with van der Waals surface area (Å²) in [6.07, 6.45) is 4.82. The van der Waals surface area contributed by atoms with Crippen LogP contribution in [0, 0.1) is 18.2 Å². The van der Waals surface area contributed by atoms with E-state index in [2.05, 4.69) is 5.32 Å². The van der Waals surface area contributed by atoms with Gasteiger partial charge in [-0.3, -0.25) is 4.79 Å². The van der Waals surface area contributed by atoms with Crippen LogP contribution in [0.3, 0.4) is 0 Å². The molecule has 2 nitrogen and oxygen atoms in total. The van der Waals surface area contributed by atoms with E-state index in [4.69, 9.17) is 29.6 Å². The fraction of sp³-hybridized carbons (Fsp3) is 0. The molecule has 0 aliphatic carbocycles. The fourth-order valence-corrected chi connectivity index (χ4v) is 1.28. The number of halogens is 3. The summed E-state index contributed by atoms with van der Waals surface area (Å²) in [7, 11) is 0. The first-order chi connectivity index (χ1) is 6.54. The molecular formula is C9H4Cl2FNO. The van der Waals surface area contributed by atoms with Crippen LogP contribution < -0.4 is 5.32 Å². The lowest BCUT2D eigenvalue weighted by atomic mass is 10.3. The number of nitrogens with one attached hydrogen (secondary N) is 1. The first-order valence-corrected chi connectivity index (χ1v) is 4.22. The summed E-state index contributed by atoms with van der Waals surface area (Å²) in [6, 6.07) is 2.44. The van der Waals surface area contributed by atoms with E-state index in [9.17, 15) is 9.18 Å². The molecule has 0 atom stereocenters. The molecule has 0 unspecified atom stereocenters. The summed E-state index contributed by atoms with van der Waals surface area (Å²) >= 11 is 11.0. The first kappa shape index (κ1) is 10.8. The lowest BCUT2D eigenvalue weighted by molar-refractivity contribution is -0.111. The highest BCUT2D eigenvalue weighted by molar-refractivity contribution is 6.35. The molecule has 0 aliphatic heterocycles. The van der Waals surface area contributed by atoms with Crippen molar-refractivity contribution in [2.45, 2.75) is 0 Å². The predicted molar refractivity (Wildman–Crippen MR) is 53.9 cm³/mol. The minimum absolute atomic E-state index is 0.176.